The smallest absolute Gasteiger partial charge is 0.264 e. The zero-order valence-electron chi connectivity index (χ0n) is 14.4. The molecule has 0 radical (unpaired) electrons. The Morgan fingerprint density at radius 1 is 0.962 bits per heavy atom. The lowest BCUT2D eigenvalue weighted by Crippen LogP contribution is -2.31. The minimum atomic E-state index is -0.193. The summed E-state index contributed by atoms with van der Waals surface area (Å²) in [5.41, 5.74) is 3.23. The zero-order chi connectivity index (χ0) is 18.4. The van der Waals surface area contributed by atoms with Gasteiger partial charge in [0.05, 0.1) is 11.3 Å². The molecule has 0 spiro atoms. The second-order valence-corrected chi connectivity index (χ2v) is 5.73. The van der Waals surface area contributed by atoms with Crippen LogP contribution in [0.15, 0.2) is 78.9 Å². The number of ether oxygens (including phenoxy) is 1. The molecule has 0 bridgehead atoms. The van der Waals surface area contributed by atoms with Crippen molar-refractivity contribution in [2.75, 3.05) is 18.6 Å². The molecule has 128 valence electrons. The van der Waals surface area contributed by atoms with Crippen molar-refractivity contribution in [2.24, 2.45) is 0 Å². The predicted molar refractivity (Wildman–Crippen MR) is 102 cm³/mol. The summed E-state index contributed by atoms with van der Waals surface area (Å²) in [4.78, 5) is 14.2. The fraction of sp³-hybridized carbons (Fsp3) is 0.0909. The Morgan fingerprint density at radius 3 is 2.38 bits per heavy atom. The first-order valence-corrected chi connectivity index (χ1v) is 8.23. The third-order valence-electron chi connectivity index (χ3n) is 4.08. The van der Waals surface area contributed by atoms with Crippen molar-refractivity contribution in [1.29, 1.82) is 5.26 Å². The summed E-state index contributed by atoms with van der Waals surface area (Å²) < 4.78 is 5.56. The van der Waals surface area contributed by atoms with Crippen LogP contribution in [0.2, 0.25) is 0 Å². The molecule has 0 aliphatic heterocycles. The molecule has 1 amide bonds. The third-order valence-corrected chi connectivity index (χ3v) is 4.08. The van der Waals surface area contributed by atoms with Gasteiger partial charge in [0.25, 0.3) is 5.91 Å². The Morgan fingerprint density at radius 2 is 1.62 bits per heavy atom. The highest BCUT2D eigenvalue weighted by atomic mass is 16.5. The van der Waals surface area contributed by atoms with Gasteiger partial charge in [-0.3, -0.25) is 4.79 Å². The van der Waals surface area contributed by atoms with Crippen molar-refractivity contribution < 1.29 is 9.53 Å². The maximum absolute atomic E-state index is 12.6. The van der Waals surface area contributed by atoms with Crippen molar-refractivity contribution in [3.05, 3.63) is 84.4 Å². The maximum atomic E-state index is 12.6. The Balaban J connectivity index is 1.79. The molecule has 4 heteroatoms. The average Bonchev–Trinajstić information content (AvgIpc) is 2.72. The SMILES string of the molecule is CN(C(=O)COc1ccccc1C#N)c1ccccc1-c1ccccc1. The van der Waals surface area contributed by atoms with Gasteiger partial charge in [0.1, 0.15) is 11.8 Å². The number of carbonyl (C=O) groups excluding carboxylic acids is 1. The van der Waals surface area contributed by atoms with E-state index in [4.69, 9.17) is 10.00 Å². The number of rotatable bonds is 5. The normalized spacial score (nSPS) is 10.0. The number of benzene rings is 3. The molecule has 0 aliphatic rings. The van der Waals surface area contributed by atoms with Gasteiger partial charge >= 0.3 is 0 Å². The Labute approximate surface area is 152 Å². The summed E-state index contributed by atoms with van der Waals surface area (Å²) in [5, 5.41) is 9.11. The molecule has 26 heavy (non-hydrogen) atoms. The van der Waals surface area contributed by atoms with Crippen LogP contribution in [-0.2, 0) is 4.79 Å². The van der Waals surface area contributed by atoms with Crippen molar-refractivity contribution >= 4 is 11.6 Å². The first kappa shape index (κ1) is 17.2. The minimum Gasteiger partial charge on any atom is -0.482 e. The number of nitrogens with zero attached hydrogens (tertiary/aromatic N) is 2. The Bertz CT molecular complexity index is 946. The summed E-state index contributed by atoms with van der Waals surface area (Å²) in [6, 6.07) is 26.6. The molecule has 4 nitrogen and oxygen atoms in total. The molecule has 0 N–H and O–H groups in total. The van der Waals surface area contributed by atoms with Crippen LogP contribution in [0.25, 0.3) is 11.1 Å². The van der Waals surface area contributed by atoms with E-state index in [9.17, 15) is 4.79 Å². The van der Waals surface area contributed by atoms with Crippen molar-refractivity contribution in [3.8, 4) is 22.9 Å². The molecule has 3 aromatic rings. The van der Waals surface area contributed by atoms with Crippen LogP contribution in [0.3, 0.4) is 0 Å². The lowest BCUT2D eigenvalue weighted by atomic mass is 10.0. The summed E-state index contributed by atoms with van der Waals surface area (Å²) in [7, 11) is 1.73. The van der Waals surface area contributed by atoms with E-state index in [1.165, 1.54) is 0 Å². The van der Waals surface area contributed by atoms with Gasteiger partial charge in [0, 0.05) is 12.6 Å². The van der Waals surface area contributed by atoms with Gasteiger partial charge in [0.15, 0.2) is 6.61 Å². The molecule has 0 aliphatic carbocycles. The number of likely N-dealkylation sites (N-methyl/N-ethyl adjacent to an activating group) is 1. The van der Waals surface area contributed by atoms with Gasteiger partial charge < -0.3 is 9.64 Å². The fourth-order valence-corrected chi connectivity index (χ4v) is 2.68. The van der Waals surface area contributed by atoms with Crippen LogP contribution in [0, 0.1) is 11.3 Å². The molecular weight excluding hydrogens is 324 g/mol. The summed E-state index contributed by atoms with van der Waals surface area (Å²) in [5.74, 6) is 0.217. The van der Waals surface area contributed by atoms with Crippen LogP contribution >= 0.6 is 0 Å². The molecule has 0 heterocycles. The molecule has 0 fully saturated rings. The van der Waals surface area contributed by atoms with E-state index in [0.29, 0.717) is 11.3 Å². The first-order chi connectivity index (χ1) is 12.7. The fourth-order valence-electron chi connectivity index (χ4n) is 2.68. The summed E-state index contributed by atoms with van der Waals surface area (Å²) in [6.07, 6.45) is 0. The quantitative estimate of drug-likeness (QED) is 0.696. The molecule has 3 aromatic carbocycles. The van der Waals surface area contributed by atoms with Gasteiger partial charge in [-0.15, -0.1) is 0 Å². The number of para-hydroxylation sites is 2. The predicted octanol–water partition coefficient (Wildman–Crippen LogP) is 4.27. The van der Waals surface area contributed by atoms with E-state index in [0.717, 1.165) is 16.8 Å². The van der Waals surface area contributed by atoms with Gasteiger partial charge in [-0.25, -0.2) is 0 Å². The number of hydrogen-bond donors (Lipinski definition) is 0. The largest absolute Gasteiger partial charge is 0.482 e. The van der Waals surface area contributed by atoms with Crippen molar-refractivity contribution in [3.63, 3.8) is 0 Å². The van der Waals surface area contributed by atoms with E-state index in [1.54, 1.807) is 36.2 Å². The van der Waals surface area contributed by atoms with E-state index in [-0.39, 0.29) is 12.5 Å². The number of hydrogen-bond acceptors (Lipinski definition) is 3. The number of amides is 1. The number of carbonyl (C=O) groups is 1. The Hall–Kier alpha value is -3.58. The molecular formula is C22H18N2O2. The van der Waals surface area contributed by atoms with Crippen LogP contribution in [0.1, 0.15) is 5.56 Å². The second-order valence-electron chi connectivity index (χ2n) is 5.73. The van der Waals surface area contributed by atoms with Gasteiger partial charge in [0.2, 0.25) is 0 Å². The Kier molecular flexibility index (Phi) is 5.31. The highest BCUT2D eigenvalue weighted by molar-refractivity contribution is 5.98. The molecule has 0 aromatic heterocycles. The van der Waals surface area contributed by atoms with Crippen molar-refractivity contribution in [1.82, 2.24) is 0 Å². The van der Waals surface area contributed by atoms with Gasteiger partial charge in [-0.05, 0) is 23.8 Å². The van der Waals surface area contributed by atoms with Crippen molar-refractivity contribution in [2.45, 2.75) is 0 Å². The lowest BCUT2D eigenvalue weighted by molar-refractivity contribution is -0.120. The topological polar surface area (TPSA) is 53.3 Å². The molecule has 0 saturated carbocycles. The van der Waals surface area contributed by atoms with Gasteiger partial charge in [-0.2, -0.15) is 5.26 Å². The van der Waals surface area contributed by atoms with Crippen LogP contribution in [0.5, 0.6) is 5.75 Å². The van der Waals surface area contributed by atoms with Crippen LogP contribution in [-0.4, -0.2) is 19.6 Å². The number of nitriles is 1. The molecule has 0 saturated heterocycles. The molecule has 0 atom stereocenters. The molecule has 3 rings (SSSR count). The van der Waals surface area contributed by atoms with E-state index < -0.39 is 0 Å². The van der Waals surface area contributed by atoms with Crippen LogP contribution in [0.4, 0.5) is 5.69 Å². The highest BCUT2D eigenvalue weighted by Crippen LogP contribution is 2.30. The number of anilines is 1. The average molecular weight is 342 g/mol. The summed E-state index contributed by atoms with van der Waals surface area (Å²) >= 11 is 0. The lowest BCUT2D eigenvalue weighted by Gasteiger charge is -2.21. The van der Waals surface area contributed by atoms with E-state index in [2.05, 4.69) is 6.07 Å². The third kappa shape index (κ3) is 3.73. The highest BCUT2D eigenvalue weighted by Gasteiger charge is 2.16. The second kappa shape index (κ2) is 8.00. The van der Waals surface area contributed by atoms with Gasteiger partial charge in [-0.1, -0.05) is 60.7 Å². The minimum absolute atomic E-state index is 0.141. The zero-order valence-corrected chi connectivity index (χ0v) is 14.4. The molecule has 0 unspecified atom stereocenters. The maximum Gasteiger partial charge on any atom is 0.264 e. The standard InChI is InChI=1S/C22H18N2O2/c1-24(22(25)16-26-21-14-8-5-11-18(21)15-23)20-13-7-6-12-19(20)17-9-3-2-4-10-17/h2-14H,16H2,1H3. The summed E-state index contributed by atoms with van der Waals surface area (Å²) in [6.45, 7) is -0.141. The monoisotopic (exact) mass is 342 g/mol. The van der Waals surface area contributed by atoms with E-state index in [1.807, 2.05) is 54.6 Å². The first-order valence-electron chi connectivity index (χ1n) is 8.23. The van der Waals surface area contributed by atoms with E-state index >= 15 is 0 Å². The van der Waals surface area contributed by atoms with Crippen LogP contribution < -0.4 is 9.64 Å².